The molecule has 1 heteroatoms. The van der Waals surface area contributed by atoms with E-state index in [1.165, 1.54) is 23.2 Å². The van der Waals surface area contributed by atoms with Gasteiger partial charge in [-0.15, -0.1) is 0 Å². The summed E-state index contributed by atoms with van der Waals surface area (Å²) in [6.07, 6.45) is 4.72. The molecule has 1 unspecified atom stereocenters. The molecule has 0 saturated heterocycles. The van der Waals surface area contributed by atoms with Gasteiger partial charge < -0.3 is 4.90 Å². The SMILES string of the molecule is CCC1=CC(CC)N(C)c2ccccc21. The van der Waals surface area contributed by atoms with Crippen LogP contribution in [0.1, 0.15) is 32.3 Å². The van der Waals surface area contributed by atoms with Crippen molar-refractivity contribution in [3.05, 3.63) is 35.9 Å². The topological polar surface area (TPSA) is 3.24 Å². The smallest absolute Gasteiger partial charge is 0.0473 e. The molecule has 0 aromatic heterocycles. The summed E-state index contributed by atoms with van der Waals surface area (Å²) < 4.78 is 0. The van der Waals surface area contributed by atoms with Gasteiger partial charge in [-0.1, -0.05) is 38.1 Å². The van der Waals surface area contributed by atoms with Crippen molar-refractivity contribution in [2.24, 2.45) is 0 Å². The average Bonchev–Trinajstić information content (AvgIpc) is 2.30. The lowest BCUT2D eigenvalue weighted by Gasteiger charge is -2.34. The number of benzene rings is 1. The average molecular weight is 201 g/mol. The summed E-state index contributed by atoms with van der Waals surface area (Å²) in [7, 11) is 2.19. The Labute approximate surface area is 92.4 Å². The Morgan fingerprint density at radius 2 is 1.93 bits per heavy atom. The summed E-state index contributed by atoms with van der Waals surface area (Å²) in [4.78, 5) is 2.38. The Hall–Kier alpha value is -1.24. The molecule has 0 fully saturated rings. The van der Waals surface area contributed by atoms with E-state index >= 15 is 0 Å². The summed E-state index contributed by atoms with van der Waals surface area (Å²) in [6, 6.07) is 9.27. The van der Waals surface area contributed by atoms with Gasteiger partial charge in [0.1, 0.15) is 0 Å². The first kappa shape index (κ1) is 10.3. The van der Waals surface area contributed by atoms with Gasteiger partial charge in [-0.05, 0) is 24.5 Å². The van der Waals surface area contributed by atoms with Crippen LogP contribution >= 0.6 is 0 Å². The van der Waals surface area contributed by atoms with Gasteiger partial charge in [0.2, 0.25) is 0 Å². The van der Waals surface area contributed by atoms with E-state index < -0.39 is 0 Å². The van der Waals surface area contributed by atoms with Crippen molar-refractivity contribution < 1.29 is 0 Å². The van der Waals surface area contributed by atoms with Crippen molar-refractivity contribution in [3.8, 4) is 0 Å². The predicted octanol–water partition coefficient (Wildman–Crippen LogP) is 3.71. The molecule has 0 spiro atoms. The van der Waals surface area contributed by atoms with Crippen molar-refractivity contribution in [1.82, 2.24) is 0 Å². The Kier molecular flexibility index (Phi) is 2.81. The quantitative estimate of drug-likeness (QED) is 0.705. The third kappa shape index (κ3) is 1.67. The van der Waals surface area contributed by atoms with Crippen molar-refractivity contribution in [2.75, 3.05) is 11.9 Å². The second-order valence-corrected chi connectivity index (χ2v) is 4.15. The first-order valence-corrected chi connectivity index (χ1v) is 5.80. The van der Waals surface area contributed by atoms with Gasteiger partial charge in [-0.25, -0.2) is 0 Å². The molecular weight excluding hydrogens is 182 g/mol. The van der Waals surface area contributed by atoms with Crippen molar-refractivity contribution in [1.29, 1.82) is 0 Å². The number of likely N-dealkylation sites (N-methyl/N-ethyl adjacent to an activating group) is 1. The number of nitrogens with zero attached hydrogens (tertiary/aromatic N) is 1. The van der Waals surface area contributed by atoms with Gasteiger partial charge in [0.25, 0.3) is 0 Å². The van der Waals surface area contributed by atoms with E-state index in [0.717, 1.165) is 6.42 Å². The Balaban J connectivity index is 2.50. The normalized spacial score (nSPS) is 19.8. The van der Waals surface area contributed by atoms with Gasteiger partial charge in [0, 0.05) is 24.3 Å². The van der Waals surface area contributed by atoms with Gasteiger partial charge in [-0.2, -0.15) is 0 Å². The third-order valence-corrected chi connectivity index (χ3v) is 3.32. The molecule has 1 aliphatic heterocycles. The van der Waals surface area contributed by atoms with Crippen LogP contribution < -0.4 is 4.90 Å². The molecule has 1 heterocycles. The van der Waals surface area contributed by atoms with Crippen molar-refractivity contribution in [3.63, 3.8) is 0 Å². The molecule has 15 heavy (non-hydrogen) atoms. The maximum Gasteiger partial charge on any atom is 0.0473 e. The molecule has 1 nitrogen and oxygen atoms in total. The molecule has 0 aliphatic carbocycles. The van der Waals surface area contributed by atoms with Crippen LogP contribution in [-0.4, -0.2) is 13.1 Å². The molecule has 0 amide bonds. The highest BCUT2D eigenvalue weighted by Crippen LogP contribution is 2.35. The predicted molar refractivity (Wildman–Crippen MR) is 67.2 cm³/mol. The molecule has 0 radical (unpaired) electrons. The van der Waals surface area contributed by atoms with Gasteiger partial charge in [-0.3, -0.25) is 0 Å². The highest BCUT2D eigenvalue weighted by molar-refractivity contribution is 5.80. The van der Waals surface area contributed by atoms with Crippen molar-refractivity contribution >= 4 is 11.3 Å². The number of para-hydroxylation sites is 1. The number of fused-ring (bicyclic) bond motifs is 1. The van der Waals surface area contributed by atoms with Gasteiger partial charge in [0.05, 0.1) is 0 Å². The summed E-state index contributed by atoms with van der Waals surface area (Å²) in [6.45, 7) is 4.49. The zero-order valence-corrected chi connectivity index (χ0v) is 9.83. The zero-order chi connectivity index (χ0) is 10.8. The maximum atomic E-state index is 2.42. The number of allylic oxidation sites excluding steroid dienone is 1. The maximum absolute atomic E-state index is 2.42. The highest BCUT2D eigenvalue weighted by atomic mass is 15.1. The Morgan fingerprint density at radius 1 is 1.20 bits per heavy atom. The second-order valence-electron chi connectivity index (χ2n) is 4.15. The minimum atomic E-state index is 0.565. The zero-order valence-electron chi connectivity index (χ0n) is 9.83. The fourth-order valence-corrected chi connectivity index (χ4v) is 2.37. The fraction of sp³-hybridized carbons (Fsp3) is 0.429. The monoisotopic (exact) mass is 201 g/mol. The molecule has 1 atom stereocenters. The standard InChI is InChI=1S/C14H19N/c1-4-11-10-12(5-2)15(3)14-9-7-6-8-13(11)14/h6-10,12H,4-5H2,1-3H3. The van der Waals surface area contributed by atoms with Crippen LogP contribution in [-0.2, 0) is 0 Å². The fourth-order valence-electron chi connectivity index (χ4n) is 2.37. The number of hydrogen-bond acceptors (Lipinski definition) is 1. The van der Waals surface area contributed by atoms with E-state index in [2.05, 4.69) is 56.1 Å². The third-order valence-electron chi connectivity index (χ3n) is 3.32. The number of rotatable bonds is 2. The summed E-state index contributed by atoms with van der Waals surface area (Å²) >= 11 is 0. The summed E-state index contributed by atoms with van der Waals surface area (Å²) in [5, 5.41) is 0. The van der Waals surface area contributed by atoms with Crippen LogP contribution in [0.2, 0.25) is 0 Å². The van der Waals surface area contributed by atoms with Gasteiger partial charge in [0.15, 0.2) is 0 Å². The molecule has 80 valence electrons. The van der Waals surface area contributed by atoms with E-state index in [4.69, 9.17) is 0 Å². The van der Waals surface area contributed by atoms with Crippen molar-refractivity contribution in [2.45, 2.75) is 32.7 Å². The highest BCUT2D eigenvalue weighted by Gasteiger charge is 2.20. The van der Waals surface area contributed by atoms with Crippen LogP contribution in [0.5, 0.6) is 0 Å². The molecule has 1 aliphatic rings. The molecule has 2 rings (SSSR count). The molecule has 0 saturated carbocycles. The van der Waals surface area contributed by atoms with E-state index in [-0.39, 0.29) is 0 Å². The molecule has 0 N–H and O–H groups in total. The lowest BCUT2D eigenvalue weighted by molar-refractivity contribution is 0.714. The van der Waals surface area contributed by atoms with E-state index in [9.17, 15) is 0 Å². The van der Waals surface area contributed by atoms with Crippen LogP contribution in [0, 0.1) is 0 Å². The molecule has 0 bridgehead atoms. The number of anilines is 1. The van der Waals surface area contributed by atoms with Crippen LogP contribution in [0.15, 0.2) is 30.3 Å². The summed E-state index contributed by atoms with van der Waals surface area (Å²) in [5.41, 5.74) is 4.28. The Morgan fingerprint density at radius 3 is 2.60 bits per heavy atom. The molecule has 1 aromatic carbocycles. The first-order valence-electron chi connectivity index (χ1n) is 5.80. The second kappa shape index (κ2) is 4.09. The van der Waals surface area contributed by atoms with Crippen LogP contribution in [0.4, 0.5) is 5.69 Å². The van der Waals surface area contributed by atoms with Gasteiger partial charge >= 0.3 is 0 Å². The first-order chi connectivity index (χ1) is 7.27. The van der Waals surface area contributed by atoms with E-state index in [1.54, 1.807) is 0 Å². The molecular formula is C14H19N. The Bertz CT molecular complexity index is 379. The van der Waals surface area contributed by atoms with Crippen LogP contribution in [0.3, 0.4) is 0 Å². The number of hydrogen-bond donors (Lipinski definition) is 0. The largest absolute Gasteiger partial charge is 0.368 e. The minimum absolute atomic E-state index is 0.565. The lowest BCUT2D eigenvalue weighted by atomic mass is 9.93. The minimum Gasteiger partial charge on any atom is -0.368 e. The van der Waals surface area contributed by atoms with E-state index in [0.29, 0.717) is 6.04 Å². The van der Waals surface area contributed by atoms with E-state index in [1.807, 2.05) is 0 Å². The van der Waals surface area contributed by atoms with Crippen LogP contribution in [0.25, 0.3) is 5.57 Å². The lowest BCUT2D eigenvalue weighted by Crippen LogP contribution is -2.32. The summed E-state index contributed by atoms with van der Waals surface area (Å²) in [5.74, 6) is 0. The molecule has 1 aromatic rings.